The number of hydrogen-bond donors (Lipinski definition) is 0. The van der Waals surface area contributed by atoms with Crippen LogP contribution in [0.1, 0.15) is 0 Å². The summed E-state index contributed by atoms with van der Waals surface area (Å²) in [5, 5.41) is 6.25. The van der Waals surface area contributed by atoms with Crippen molar-refractivity contribution in [2.24, 2.45) is 0 Å². The summed E-state index contributed by atoms with van der Waals surface area (Å²) in [6.07, 6.45) is 0. The van der Waals surface area contributed by atoms with Crippen LogP contribution in [-0.2, 0) is 0 Å². The fraction of sp³-hybridized carbons (Fsp3) is 0. The molecule has 0 bridgehead atoms. The Morgan fingerprint density at radius 3 is 1.07 bits per heavy atom. The van der Waals surface area contributed by atoms with E-state index in [-0.39, 0.29) is 0 Å². The maximum absolute atomic E-state index is 6.81. The molecule has 4 rings (SSSR count). The van der Waals surface area contributed by atoms with Crippen molar-refractivity contribution in [3.63, 3.8) is 0 Å². The van der Waals surface area contributed by atoms with Crippen molar-refractivity contribution in [1.82, 2.24) is 0 Å². The zero-order valence-electron chi connectivity index (χ0n) is 14.6. The van der Waals surface area contributed by atoms with Gasteiger partial charge in [0.1, 0.15) is 0 Å². The molecule has 0 aromatic heterocycles. The molecule has 0 saturated carbocycles. The third-order valence-corrected chi connectivity index (χ3v) is 10.8. The van der Waals surface area contributed by atoms with E-state index in [4.69, 9.17) is 23.2 Å². The summed E-state index contributed by atoms with van der Waals surface area (Å²) < 4.78 is 0. The molecule has 27 heavy (non-hydrogen) atoms. The minimum atomic E-state index is -2.65. The molecule has 0 aliphatic rings. The first kappa shape index (κ1) is 18.3. The van der Waals surface area contributed by atoms with E-state index in [0.717, 1.165) is 5.30 Å². The fourth-order valence-electron chi connectivity index (χ4n) is 3.85. The molecule has 0 aliphatic carbocycles. The van der Waals surface area contributed by atoms with Gasteiger partial charge in [-0.15, -0.1) is 0 Å². The summed E-state index contributed by atoms with van der Waals surface area (Å²) in [5.41, 5.74) is 0. The van der Waals surface area contributed by atoms with Crippen LogP contribution in [0.5, 0.6) is 0 Å². The molecule has 134 valence electrons. The van der Waals surface area contributed by atoms with Gasteiger partial charge in [-0.05, 0) is 0 Å². The first-order valence-electron chi connectivity index (χ1n) is 8.85. The second-order valence-corrected chi connectivity index (χ2v) is 11.0. The van der Waals surface area contributed by atoms with Crippen molar-refractivity contribution in [3.8, 4) is 0 Å². The predicted molar refractivity (Wildman–Crippen MR) is 123 cm³/mol. The molecule has 3 heteroatoms. The molecular weight excluding hydrogens is 390 g/mol. The average molecular weight is 409 g/mol. The van der Waals surface area contributed by atoms with Crippen LogP contribution < -0.4 is 21.2 Å². The summed E-state index contributed by atoms with van der Waals surface area (Å²) >= 11 is 13.6. The van der Waals surface area contributed by atoms with Gasteiger partial charge in [0.25, 0.3) is 0 Å². The van der Waals surface area contributed by atoms with Crippen LogP contribution in [0.15, 0.2) is 109 Å². The number of rotatable bonds is 4. The van der Waals surface area contributed by atoms with Gasteiger partial charge < -0.3 is 0 Å². The van der Waals surface area contributed by atoms with E-state index < -0.39 is 7.26 Å². The van der Waals surface area contributed by atoms with E-state index in [9.17, 15) is 0 Å². The second kappa shape index (κ2) is 7.87. The summed E-state index contributed by atoms with van der Waals surface area (Å²) in [7, 11) is -2.65. The zero-order chi connectivity index (χ0) is 18.7. The van der Waals surface area contributed by atoms with Crippen molar-refractivity contribution in [2.75, 3.05) is 0 Å². The molecule has 0 spiro atoms. The van der Waals surface area contributed by atoms with Crippen LogP contribution in [-0.4, -0.2) is 0 Å². The van der Waals surface area contributed by atoms with Crippen molar-refractivity contribution in [3.05, 3.63) is 119 Å². The first-order chi connectivity index (χ1) is 13.2. The molecule has 0 atom stereocenters. The molecule has 0 amide bonds. The summed E-state index contributed by atoms with van der Waals surface area (Å²) in [5.74, 6) is 0. The Labute approximate surface area is 170 Å². The topological polar surface area (TPSA) is 0 Å². The summed E-state index contributed by atoms with van der Waals surface area (Å²) in [4.78, 5) is 0. The van der Waals surface area contributed by atoms with Gasteiger partial charge in [0.05, 0.1) is 0 Å². The van der Waals surface area contributed by atoms with Gasteiger partial charge >= 0.3 is 171 Å². The van der Waals surface area contributed by atoms with Crippen LogP contribution in [0.25, 0.3) is 0 Å². The number of hydrogen-bond acceptors (Lipinski definition) is 0. The van der Waals surface area contributed by atoms with Gasteiger partial charge in [-0.25, -0.2) is 0 Å². The monoisotopic (exact) mass is 408 g/mol. The quantitative estimate of drug-likeness (QED) is 0.399. The van der Waals surface area contributed by atoms with E-state index in [1.165, 1.54) is 15.9 Å². The third-order valence-electron chi connectivity index (χ3n) is 4.96. The van der Waals surface area contributed by atoms with Gasteiger partial charge in [0.15, 0.2) is 0 Å². The van der Waals surface area contributed by atoms with E-state index in [0.29, 0.717) is 10.0 Å². The van der Waals surface area contributed by atoms with Crippen LogP contribution in [0.4, 0.5) is 0 Å². The molecule has 0 heterocycles. The molecule has 4 aromatic rings. The molecule has 4 aromatic carbocycles. The third kappa shape index (κ3) is 3.19. The normalized spacial score (nSPS) is 11.9. The Hall–Kier alpha value is -2.11. The first-order valence-corrected chi connectivity index (χ1v) is 11.6. The van der Waals surface area contributed by atoms with Gasteiger partial charge in [-0.3, -0.25) is 0 Å². The molecule has 0 N–H and O–H groups in total. The van der Waals surface area contributed by atoms with E-state index >= 15 is 0 Å². The maximum atomic E-state index is 6.81. The predicted octanol–water partition coefficient (Wildman–Crippen LogP) is 5.35. The fourth-order valence-corrected chi connectivity index (χ4v) is 9.93. The average Bonchev–Trinajstić information content (AvgIpc) is 2.73. The van der Waals surface area contributed by atoms with Gasteiger partial charge in [-0.1, -0.05) is 0 Å². The van der Waals surface area contributed by atoms with Gasteiger partial charge in [0, 0.05) is 0 Å². The molecule has 0 aliphatic heterocycles. The van der Waals surface area contributed by atoms with Crippen LogP contribution in [0, 0.1) is 0 Å². The Morgan fingerprint density at radius 1 is 0.407 bits per heavy atom. The van der Waals surface area contributed by atoms with Crippen LogP contribution in [0.3, 0.4) is 0 Å². The van der Waals surface area contributed by atoms with Crippen molar-refractivity contribution < 1.29 is 0 Å². The Balaban J connectivity index is 2.21. The SMILES string of the molecule is Clc1cccc(Cl)c1[PH](c1ccccc1)(c1ccccc1)c1ccccc1. The molecule has 0 saturated heterocycles. The molecular formula is C24H19Cl2P. The Morgan fingerprint density at radius 2 is 0.741 bits per heavy atom. The Kier molecular flexibility index (Phi) is 5.32. The summed E-state index contributed by atoms with van der Waals surface area (Å²) in [6, 6.07) is 37.7. The van der Waals surface area contributed by atoms with Crippen molar-refractivity contribution in [2.45, 2.75) is 0 Å². The standard InChI is InChI=1S/C24H19Cl2P/c25-22-17-10-18-23(26)24(22)27(19-11-4-1-5-12-19,20-13-6-2-7-14-20)21-15-8-3-9-16-21/h1-18,27H. The van der Waals surface area contributed by atoms with Crippen molar-refractivity contribution in [1.29, 1.82) is 0 Å². The van der Waals surface area contributed by atoms with E-state index in [2.05, 4.69) is 72.8 Å². The van der Waals surface area contributed by atoms with Crippen LogP contribution in [0.2, 0.25) is 10.0 Å². The molecule has 0 fully saturated rings. The second-order valence-electron chi connectivity index (χ2n) is 6.44. The van der Waals surface area contributed by atoms with Crippen molar-refractivity contribution >= 4 is 51.7 Å². The molecule has 0 unspecified atom stereocenters. The minimum absolute atomic E-state index is 0.714. The number of benzene rings is 4. The van der Waals surface area contributed by atoms with E-state index in [1.54, 1.807) is 0 Å². The summed E-state index contributed by atoms with van der Waals surface area (Å²) in [6.45, 7) is 0. The molecule has 0 radical (unpaired) electrons. The zero-order valence-corrected chi connectivity index (χ0v) is 17.2. The molecule has 0 nitrogen and oxygen atoms in total. The number of halogens is 2. The van der Waals surface area contributed by atoms with Crippen LogP contribution >= 0.6 is 30.5 Å². The van der Waals surface area contributed by atoms with E-state index in [1.807, 2.05) is 36.4 Å². The van der Waals surface area contributed by atoms with Gasteiger partial charge in [-0.2, -0.15) is 0 Å². The Bertz CT molecular complexity index is 915. The van der Waals surface area contributed by atoms with Gasteiger partial charge in [0.2, 0.25) is 0 Å².